The molecule has 0 spiro atoms. The predicted octanol–water partition coefficient (Wildman–Crippen LogP) is 3.28. The molecule has 0 fully saturated rings. The monoisotopic (exact) mass is 304 g/mol. The van der Waals surface area contributed by atoms with Gasteiger partial charge in [-0.3, -0.25) is 4.79 Å². The minimum atomic E-state index is -0.275. The molecule has 2 aromatic carbocycles. The summed E-state index contributed by atoms with van der Waals surface area (Å²) in [6.07, 6.45) is 0.360. The van der Waals surface area contributed by atoms with Gasteiger partial charge in [-0.1, -0.05) is 23.7 Å². The molecule has 1 aliphatic heterocycles. The summed E-state index contributed by atoms with van der Waals surface area (Å²) in [5.74, 6) is -0.301. The van der Waals surface area contributed by atoms with E-state index >= 15 is 0 Å². The van der Waals surface area contributed by atoms with Crippen molar-refractivity contribution in [2.24, 2.45) is 0 Å². The van der Waals surface area contributed by atoms with Gasteiger partial charge in [-0.05, 0) is 48.0 Å². The Morgan fingerprint density at radius 1 is 1.29 bits per heavy atom. The summed E-state index contributed by atoms with van der Waals surface area (Å²) in [4.78, 5) is 11.5. The molecule has 1 atom stereocenters. The first-order valence-electron chi connectivity index (χ1n) is 6.63. The van der Waals surface area contributed by atoms with Crippen molar-refractivity contribution in [3.05, 3.63) is 63.9 Å². The lowest BCUT2D eigenvalue weighted by Gasteiger charge is -2.19. The van der Waals surface area contributed by atoms with Gasteiger partial charge in [0.1, 0.15) is 5.82 Å². The summed E-state index contributed by atoms with van der Waals surface area (Å²) < 4.78 is 13.1. The Bertz CT molecular complexity index is 700. The van der Waals surface area contributed by atoms with Crippen LogP contribution in [-0.2, 0) is 11.2 Å². The second kappa shape index (κ2) is 5.47. The van der Waals surface area contributed by atoms with Crippen LogP contribution in [0.25, 0.3) is 0 Å². The van der Waals surface area contributed by atoms with E-state index in [-0.39, 0.29) is 17.8 Å². The summed E-state index contributed by atoms with van der Waals surface area (Å²) in [6.45, 7) is 0. The fraction of sp³-hybridized carbons (Fsp3) is 0.188. The Hall–Kier alpha value is -1.91. The maximum absolute atomic E-state index is 13.1. The zero-order valence-electron chi connectivity index (χ0n) is 11.4. The third-order valence-electron chi connectivity index (χ3n) is 3.65. The van der Waals surface area contributed by atoms with Crippen LogP contribution >= 0.6 is 11.6 Å². The zero-order chi connectivity index (χ0) is 15.0. The fourth-order valence-electron chi connectivity index (χ4n) is 2.65. The third kappa shape index (κ3) is 2.64. The molecule has 1 aliphatic rings. The summed E-state index contributed by atoms with van der Waals surface area (Å²) >= 11 is 6.34. The highest BCUT2D eigenvalue weighted by Crippen LogP contribution is 2.35. The van der Waals surface area contributed by atoms with Crippen molar-refractivity contribution in [1.29, 1.82) is 0 Å². The van der Waals surface area contributed by atoms with Crippen LogP contribution < -0.4 is 10.6 Å². The highest BCUT2D eigenvalue weighted by molar-refractivity contribution is 6.32. The molecule has 108 valence electrons. The Morgan fingerprint density at radius 2 is 2.00 bits per heavy atom. The Labute approximate surface area is 127 Å². The number of carbonyl (C=O) groups excluding carboxylic acids is 1. The Morgan fingerprint density at radius 3 is 2.67 bits per heavy atom. The van der Waals surface area contributed by atoms with E-state index in [4.69, 9.17) is 11.6 Å². The number of amides is 1. The number of anilines is 1. The molecule has 0 aromatic heterocycles. The number of nitrogens with one attached hydrogen (secondary N) is 2. The van der Waals surface area contributed by atoms with E-state index in [0.717, 1.165) is 22.4 Å². The highest BCUT2D eigenvalue weighted by Gasteiger charge is 2.23. The van der Waals surface area contributed by atoms with E-state index in [1.165, 1.54) is 12.1 Å². The first kappa shape index (κ1) is 14.0. The van der Waals surface area contributed by atoms with E-state index in [2.05, 4.69) is 10.6 Å². The number of hydrogen-bond donors (Lipinski definition) is 2. The lowest BCUT2D eigenvalue weighted by Crippen LogP contribution is -2.18. The predicted molar refractivity (Wildman–Crippen MR) is 81.1 cm³/mol. The van der Waals surface area contributed by atoms with Gasteiger partial charge in [-0.25, -0.2) is 4.39 Å². The molecule has 2 N–H and O–H groups in total. The Kier molecular flexibility index (Phi) is 3.66. The van der Waals surface area contributed by atoms with Gasteiger partial charge >= 0.3 is 0 Å². The molecule has 1 heterocycles. The number of rotatable bonds is 3. The van der Waals surface area contributed by atoms with E-state index in [9.17, 15) is 9.18 Å². The van der Waals surface area contributed by atoms with Crippen molar-refractivity contribution in [2.75, 3.05) is 12.4 Å². The van der Waals surface area contributed by atoms with Gasteiger partial charge in [0.2, 0.25) is 5.91 Å². The molecule has 3 nitrogen and oxygen atoms in total. The molecular weight excluding hydrogens is 291 g/mol. The lowest BCUT2D eigenvalue weighted by atomic mass is 9.96. The summed E-state index contributed by atoms with van der Waals surface area (Å²) in [6, 6.07) is 9.84. The van der Waals surface area contributed by atoms with Crippen LogP contribution in [0.3, 0.4) is 0 Å². The van der Waals surface area contributed by atoms with Crippen molar-refractivity contribution >= 4 is 23.2 Å². The van der Waals surface area contributed by atoms with E-state index in [1.54, 1.807) is 18.2 Å². The average molecular weight is 305 g/mol. The quantitative estimate of drug-likeness (QED) is 0.913. The van der Waals surface area contributed by atoms with E-state index in [1.807, 2.05) is 13.1 Å². The summed E-state index contributed by atoms with van der Waals surface area (Å²) in [5, 5.41) is 6.53. The van der Waals surface area contributed by atoms with Crippen LogP contribution in [0.1, 0.15) is 22.7 Å². The number of benzene rings is 2. The van der Waals surface area contributed by atoms with Crippen LogP contribution in [0, 0.1) is 5.82 Å². The van der Waals surface area contributed by atoms with Gasteiger partial charge in [-0.15, -0.1) is 0 Å². The van der Waals surface area contributed by atoms with Gasteiger partial charge in [0.25, 0.3) is 0 Å². The first-order chi connectivity index (χ1) is 10.1. The fourth-order valence-corrected chi connectivity index (χ4v) is 2.92. The van der Waals surface area contributed by atoms with Crippen molar-refractivity contribution < 1.29 is 9.18 Å². The molecule has 0 radical (unpaired) electrons. The van der Waals surface area contributed by atoms with Crippen LogP contribution in [0.2, 0.25) is 5.02 Å². The van der Waals surface area contributed by atoms with Gasteiger partial charge < -0.3 is 10.6 Å². The molecule has 5 heteroatoms. The standard InChI is InChI=1S/C16H14ClFN2O/c1-19-16(9-2-4-11(18)5-3-9)12-6-10-7-15(21)20-14(10)8-13(12)17/h2-6,8,16,19H,7H2,1H3,(H,20,21). The molecule has 3 rings (SSSR count). The first-order valence-corrected chi connectivity index (χ1v) is 7.01. The SMILES string of the molecule is CNC(c1ccc(F)cc1)c1cc2c(cc1Cl)NC(=O)C2. The molecular formula is C16H14ClFN2O. The van der Waals surface area contributed by atoms with E-state index in [0.29, 0.717) is 11.4 Å². The minimum absolute atomic E-state index is 0.0268. The second-order valence-electron chi connectivity index (χ2n) is 5.03. The molecule has 0 bridgehead atoms. The van der Waals surface area contributed by atoms with Gasteiger partial charge in [0.05, 0.1) is 12.5 Å². The Balaban J connectivity index is 2.03. The van der Waals surface area contributed by atoms with Gasteiger partial charge in [0.15, 0.2) is 0 Å². The molecule has 21 heavy (non-hydrogen) atoms. The number of halogens is 2. The average Bonchev–Trinajstić information content (AvgIpc) is 2.81. The maximum atomic E-state index is 13.1. The number of carbonyl (C=O) groups is 1. The highest BCUT2D eigenvalue weighted by atomic mass is 35.5. The van der Waals surface area contributed by atoms with Crippen LogP contribution in [0.5, 0.6) is 0 Å². The molecule has 0 saturated carbocycles. The number of hydrogen-bond acceptors (Lipinski definition) is 2. The molecule has 1 amide bonds. The normalized spacial score (nSPS) is 14.7. The van der Waals surface area contributed by atoms with Crippen molar-refractivity contribution in [1.82, 2.24) is 5.32 Å². The summed E-state index contributed by atoms with van der Waals surface area (Å²) in [5.41, 5.74) is 3.49. The molecule has 2 aromatic rings. The van der Waals surface area contributed by atoms with Crippen molar-refractivity contribution in [2.45, 2.75) is 12.5 Å². The number of fused-ring (bicyclic) bond motifs is 1. The lowest BCUT2D eigenvalue weighted by molar-refractivity contribution is -0.115. The molecule has 0 saturated heterocycles. The zero-order valence-corrected chi connectivity index (χ0v) is 12.2. The van der Waals surface area contributed by atoms with Gasteiger partial charge in [0, 0.05) is 10.7 Å². The van der Waals surface area contributed by atoms with Crippen molar-refractivity contribution in [3.63, 3.8) is 0 Å². The maximum Gasteiger partial charge on any atom is 0.228 e. The molecule has 0 aliphatic carbocycles. The van der Waals surface area contributed by atoms with E-state index < -0.39 is 0 Å². The van der Waals surface area contributed by atoms with Crippen LogP contribution in [0.15, 0.2) is 36.4 Å². The van der Waals surface area contributed by atoms with Crippen LogP contribution in [-0.4, -0.2) is 13.0 Å². The van der Waals surface area contributed by atoms with Crippen LogP contribution in [0.4, 0.5) is 10.1 Å². The third-order valence-corrected chi connectivity index (χ3v) is 3.98. The van der Waals surface area contributed by atoms with Crippen molar-refractivity contribution in [3.8, 4) is 0 Å². The summed E-state index contributed by atoms with van der Waals surface area (Å²) in [7, 11) is 1.82. The minimum Gasteiger partial charge on any atom is -0.325 e. The van der Waals surface area contributed by atoms with Gasteiger partial charge in [-0.2, -0.15) is 0 Å². The second-order valence-corrected chi connectivity index (χ2v) is 5.44. The largest absolute Gasteiger partial charge is 0.325 e. The molecule has 1 unspecified atom stereocenters. The topological polar surface area (TPSA) is 41.1 Å². The smallest absolute Gasteiger partial charge is 0.228 e.